The molecule has 1 N–H and O–H groups in total. The Balaban J connectivity index is 1.86. The van der Waals surface area contributed by atoms with Crippen molar-refractivity contribution >= 4 is 27.5 Å². The number of carbonyl (C=O) groups excluding carboxylic acids is 1. The van der Waals surface area contributed by atoms with E-state index >= 15 is 0 Å². The van der Waals surface area contributed by atoms with Gasteiger partial charge in [-0.05, 0) is 56.2 Å². The Morgan fingerprint density at radius 2 is 1.80 bits per heavy atom. The van der Waals surface area contributed by atoms with Crippen LogP contribution in [0.1, 0.15) is 41.7 Å². The van der Waals surface area contributed by atoms with Crippen molar-refractivity contribution in [3.63, 3.8) is 0 Å². The second-order valence-electron chi connectivity index (χ2n) is 7.06. The molecule has 1 aliphatic rings. The molecule has 1 heterocycles. The Morgan fingerprint density at radius 3 is 2.43 bits per heavy atom. The van der Waals surface area contributed by atoms with E-state index in [2.05, 4.69) is 5.32 Å². The van der Waals surface area contributed by atoms with Crippen molar-refractivity contribution < 1.29 is 22.7 Å². The summed E-state index contributed by atoms with van der Waals surface area (Å²) in [5.41, 5.74) is 0.954. The number of nitrogens with zero attached hydrogens (tertiary/aromatic N) is 1. The molecule has 0 bridgehead atoms. The largest absolute Gasteiger partial charge is 0.497 e. The summed E-state index contributed by atoms with van der Waals surface area (Å²) in [6.07, 6.45) is 1.63. The highest BCUT2D eigenvalue weighted by atomic mass is 35.5. The molecule has 1 atom stereocenters. The van der Waals surface area contributed by atoms with E-state index < -0.39 is 22.0 Å². The van der Waals surface area contributed by atoms with Gasteiger partial charge in [-0.2, -0.15) is 4.31 Å². The van der Waals surface area contributed by atoms with E-state index in [1.807, 2.05) is 6.92 Å². The summed E-state index contributed by atoms with van der Waals surface area (Å²) in [4.78, 5) is 12.8. The monoisotopic (exact) mass is 452 g/mol. The van der Waals surface area contributed by atoms with Crippen molar-refractivity contribution in [2.75, 3.05) is 27.3 Å². The number of ether oxygens (including phenoxy) is 2. The number of benzene rings is 2. The molecule has 0 saturated carbocycles. The Morgan fingerprint density at radius 1 is 1.10 bits per heavy atom. The number of hydrogen-bond acceptors (Lipinski definition) is 5. The first-order valence-electron chi connectivity index (χ1n) is 9.60. The molecule has 1 unspecified atom stereocenters. The molecule has 0 aromatic heterocycles. The first-order chi connectivity index (χ1) is 14.3. The molecule has 1 amide bonds. The minimum atomic E-state index is -3.74. The van der Waals surface area contributed by atoms with Crippen molar-refractivity contribution in [2.24, 2.45) is 0 Å². The first kappa shape index (κ1) is 22.4. The van der Waals surface area contributed by atoms with E-state index in [4.69, 9.17) is 21.1 Å². The summed E-state index contributed by atoms with van der Waals surface area (Å²) in [7, 11) is -0.630. The summed E-state index contributed by atoms with van der Waals surface area (Å²) in [6, 6.07) is 9.20. The Bertz CT molecular complexity index is 1040. The smallest absolute Gasteiger partial charge is 0.251 e. The molecule has 162 valence electrons. The molecule has 1 aliphatic heterocycles. The zero-order chi connectivity index (χ0) is 21.9. The van der Waals surface area contributed by atoms with Crippen LogP contribution < -0.4 is 14.8 Å². The van der Waals surface area contributed by atoms with E-state index in [9.17, 15) is 13.2 Å². The van der Waals surface area contributed by atoms with Gasteiger partial charge in [0.05, 0.1) is 25.3 Å². The highest BCUT2D eigenvalue weighted by Crippen LogP contribution is 2.31. The maximum absolute atomic E-state index is 12.9. The highest BCUT2D eigenvalue weighted by Gasteiger charge is 2.30. The number of methoxy groups -OCH3 is 2. The number of halogens is 1. The lowest BCUT2D eigenvalue weighted by Gasteiger charge is -2.19. The number of rotatable bonds is 7. The molecule has 1 saturated heterocycles. The van der Waals surface area contributed by atoms with Crippen molar-refractivity contribution in [2.45, 2.75) is 30.7 Å². The maximum atomic E-state index is 12.9. The quantitative estimate of drug-likeness (QED) is 0.693. The van der Waals surface area contributed by atoms with Crippen LogP contribution >= 0.6 is 11.6 Å². The molecular formula is C21H25ClN2O5S. The highest BCUT2D eigenvalue weighted by molar-refractivity contribution is 7.89. The van der Waals surface area contributed by atoms with Gasteiger partial charge < -0.3 is 14.8 Å². The number of amides is 1. The first-order valence-corrected chi connectivity index (χ1v) is 11.4. The van der Waals surface area contributed by atoms with E-state index in [0.717, 1.165) is 18.4 Å². The number of nitrogens with one attached hydrogen (secondary N) is 1. The summed E-state index contributed by atoms with van der Waals surface area (Å²) in [6.45, 7) is 2.73. The standard InChI is InChI=1S/C21H25ClN2O5S/c1-14(17-13-16(28-2)7-9-19(17)29-3)23-21(25)15-6-8-18(22)20(12-15)30(26,27)24-10-4-5-11-24/h6-9,12-14H,4-5,10-11H2,1-3H3,(H,23,25). The van der Waals surface area contributed by atoms with E-state index in [0.29, 0.717) is 24.6 Å². The van der Waals surface area contributed by atoms with Gasteiger partial charge in [0.25, 0.3) is 5.91 Å². The minimum Gasteiger partial charge on any atom is -0.497 e. The summed E-state index contributed by atoms with van der Waals surface area (Å²) in [5, 5.41) is 2.98. The Labute approximate surface area is 182 Å². The zero-order valence-electron chi connectivity index (χ0n) is 17.1. The van der Waals surface area contributed by atoms with Crippen molar-refractivity contribution in [3.05, 3.63) is 52.5 Å². The fourth-order valence-corrected chi connectivity index (χ4v) is 5.46. The van der Waals surface area contributed by atoms with E-state index in [-0.39, 0.29) is 15.5 Å². The lowest BCUT2D eigenvalue weighted by Crippen LogP contribution is -2.29. The second-order valence-corrected chi connectivity index (χ2v) is 9.37. The summed E-state index contributed by atoms with van der Waals surface area (Å²) >= 11 is 6.17. The predicted octanol–water partition coefficient (Wildman–Crippen LogP) is 3.63. The van der Waals surface area contributed by atoms with E-state index in [1.165, 1.54) is 22.5 Å². The molecule has 0 radical (unpaired) electrons. The molecular weight excluding hydrogens is 428 g/mol. The predicted molar refractivity (Wildman–Crippen MR) is 115 cm³/mol. The van der Waals surface area contributed by atoms with Crippen LogP contribution in [0.5, 0.6) is 11.5 Å². The van der Waals surface area contributed by atoms with Crippen LogP contribution in [0.2, 0.25) is 5.02 Å². The lowest BCUT2D eigenvalue weighted by molar-refractivity contribution is 0.0939. The van der Waals surface area contributed by atoms with Gasteiger partial charge >= 0.3 is 0 Å². The molecule has 0 aliphatic carbocycles. The fraction of sp³-hybridized carbons (Fsp3) is 0.381. The Kier molecular flexibility index (Phi) is 6.90. The lowest BCUT2D eigenvalue weighted by atomic mass is 10.1. The van der Waals surface area contributed by atoms with Crippen LogP contribution in [0.4, 0.5) is 0 Å². The van der Waals surface area contributed by atoms with Crippen molar-refractivity contribution in [1.82, 2.24) is 9.62 Å². The number of sulfonamides is 1. The third-order valence-electron chi connectivity index (χ3n) is 5.13. The molecule has 9 heteroatoms. The third kappa shape index (κ3) is 4.55. The van der Waals surface area contributed by atoms with Gasteiger partial charge in [0, 0.05) is 24.2 Å². The van der Waals surface area contributed by atoms with Crippen LogP contribution in [0.25, 0.3) is 0 Å². The second kappa shape index (κ2) is 9.24. The van der Waals surface area contributed by atoms with Crippen LogP contribution in [0.15, 0.2) is 41.3 Å². The number of hydrogen-bond donors (Lipinski definition) is 1. The van der Waals surface area contributed by atoms with Crippen molar-refractivity contribution in [1.29, 1.82) is 0 Å². The SMILES string of the molecule is COc1ccc(OC)c(C(C)NC(=O)c2ccc(Cl)c(S(=O)(=O)N3CCCC3)c2)c1. The van der Waals surface area contributed by atoms with Gasteiger partial charge in [0.15, 0.2) is 0 Å². The van der Waals surface area contributed by atoms with Crippen molar-refractivity contribution in [3.8, 4) is 11.5 Å². The van der Waals surface area contributed by atoms with Gasteiger partial charge in [-0.1, -0.05) is 11.6 Å². The van der Waals surface area contributed by atoms with Gasteiger partial charge in [-0.25, -0.2) is 8.42 Å². The molecule has 1 fully saturated rings. The van der Waals surface area contributed by atoms with Crippen LogP contribution in [0.3, 0.4) is 0 Å². The maximum Gasteiger partial charge on any atom is 0.251 e. The zero-order valence-corrected chi connectivity index (χ0v) is 18.7. The molecule has 2 aromatic rings. The van der Waals surface area contributed by atoms with Gasteiger partial charge in [-0.15, -0.1) is 0 Å². The fourth-order valence-electron chi connectivity index (χ4n) is 3.45. The summed E-state index contributed by atoms with van der Waals surface area (Å²) < 4.78 is 37.9. The normalized spacial score (nSPS) is 15.6. The van der Waals surface area contributed by atoms with Crippen LogP contribution in [-0.4, -0.2) is 45.9 Å². The minimum absolute atomic E-state index is 0.0506. The molecule has 30 heavy (non-hydrogen) atoms. The number of carbonyl (C=O) groups is 1. The Hall–Kier alpha value is -2.29. The van der Waals surface area contributed by atoms with Crippen LogP contribution in [0, 0.1) is 0 Å². The van der Waals surface area contributed by atoms with Gasteiger partial charge in [0.1, 0.15) is 16.4 Å². The molecule has 3 rings (SSSR count). The average molecular weight is 453 g/mol. The topological polar surface area (TPSA) is 84.9 Å². The van der Waals surface area contributed by atoms with E-state index in [1.54, 1.807) is 32.4 Å². The molecule has 2 aromatic carbocycles. The molecule has 0 spiro atoms. The summed E-state index contributed by atoms with van der Waals surface area (Å²) in [5.74, 6) is 0.830. The van der Waals surface area contributed by atoms with Gasteiger partial charge in [-0.3, -0.25) is 4.79 Å². The van der Waals surface area contributed by atoms with Crippen LogP contribution in [-0.2, 0) is 10.0 Å². The third-order valence-corrected chi connectivity index (χ3v) is 7.51. The molecule has 7 nitrogen and oxygen atoms in total. The average Bonchev–Trinajstić information content (AvgIpc) is 3.29. The van der Waals surface area contributed by atoms with Gasteiger partial charge in [0.2, 0.25) is 10.0 Å².